The lowest BCUT2D eigenvalue weighted by molar-refractivity contribution is 0.0939. The van der Waals surface area contributed by atoms with E-state index in [9.17, 15) is 13.2 Å². The fourth-order valence-corrected chi connectivity index (χ4v) is 3.69. The Bertz CT molecular complexity index is 736. The van der Waals surface area contributed by atoms with Crippen LogP contribution in [0.2, 0.25) is 0 Å². The van der Waals surface area contributed by atoms with Crippen molar-refractivity contribution in [2.24, 2.45) is 0 Å². The third-order valence-electron chi connectivity index (χ3n) is 4.45. The lowest BCUT2D eigenvalue weighted by Gasteiger charge is -2.20. The zero-order valence-corrected chi connectivity index (χ0v) is 15.8. The van der Waals surface area contributed by atoms with Crippen molar-refractivity contribution in [3.05, 3.63) is 17.7 Å². The number of likely N-dealkylation sites (N-methyl/N-ethyl adjacent to an activating group) is 1. The smallest absolute Gasteiger partial charge is 0.255 e. The van der Waals surface area contributed by atoms with Gasteiger partial charge in [0.25, 0.3) is 5.91 Å². The third kappa shape index (κ3) is 4.23. The van der Waals surface area contributed by atoms with Crippen molar-refractivity contribution in [2.45, 2.75) is 23.8 Å². The molecular weight excluding hydrogens is 346 g/mol. The lowest BCUT2D eigenvalue weighted by atomic mass is 10.1. The average molecular weight is 371 g/mol. The standard InChI is InChI=1S/C16H25N3O5S/c1-17-25(21,22)12-8-13(15(24-4)14(9-12)23-3)16(20)18-10-11-6-5-7-19(11)2/h8-9,11,17H,5-7,10H2,1-4H3,(H,18,20)/t11-/m0/s1. The van der Waals surface area contributed by atoms with Crippen molar-refractivity contribution < 1.29 is 22.7 Å². The molecule has 0 aromatic heterocycles. The molecule has 140 valence electrons. The molecule has 0 bridgehead atoms. The maximum Gasteiger partial charge on any atom is 0.255 e. The molecule has 0 aliphatic carbocycles. The first-order valence-electron chi connectivity index (χ1n) is 8.02. The first-order chi connectivity index (χ1) is 11.8. The van der Waals surface area contributed by atoms with E-state index in [1.807, 2.05) is 7.05 Å². The molecular formula is C16H25N3O5S. The van der Waals surface area contributed by atoms with Crippen LogP contribution >= 0.6 is 0 Å². The van der Waals surface area contributed by atoms with Crippen LogP contribution in [0.25, 0.3) is 0 Å². The summed E-state index contributed by atoms with van der Waals surface area (Å²) in [7, 11) is 2.40. The Balaban J connectivity index is 2.33. The van der Waals surface area contributed by atoms with Crippen LogP contribution in [0.4, 0.5) is 0 Å². The normalized spacial score (nSPS) is 18.2. The van der Waals surface area contributed by atoms with Gasteiger partial charge in [-0.3, -0.25) is 4.79 Å². The summed E-state index contributed by atoms with van der Waals surface area (Å²) in [5.41, 5.74) is 0.122. The molecule has 1 heterocycles. The summed E-state index contributed by atoms with van der Waals surface area (Å²) in [6.07, 6.45) is 2.12. The summed E-state index contributed by atoms with van der Waals surface area (Å²) in [5, 5.41) is 2.86. The second kappa shape index (κ2) is 8.03. The molecule has 1 aromatic carbocycles. The highest BCUT2D eigenvalue weighted by molar-refractivity contribution is 7.89. The first kappa shape index (κ1) is 19.5. The minimum atomic E-state index is -3.72. The van der Waals surface area contributed by atoms with E-state index in [0.29, 0.717) is 6.54 Å². The van der Waals surface area contributed by atoms with Crippen molar-refractivity contribution in [3.63, 3.8) is 0 Å². The summed E-state index contributed by atoms with van der Waals surface area (Å²) < 4.78 is 36.9. The Morgan fingerprint density at radius 3 is 2.56 bits per heavy atom. The van der Waals surface area contributed by atoms with Gasteiger partial charge in [-0.2, -0.15) is 0 Å². The summed E-state index contributed by atoms with van der Waals surface area (Å²) in [6.45, 7) is 1.50. The summed E-state index contributed by atoms with van der Waals surface area (Å²) >= 11 is 0. The molecule has 1 atom stereocenters. The number of sulfonamides is 1. The van der Waals surface area contributed by atoms with Gasteiger partial charge in [0.1, 0.15) is 0 Å². The highest BCUT2D eigenvalue weighted by Crippen LogP contribution is 2.34. The number of benzene rings is 1. The number of nitrogens with one attached hydrogen (secondary N) is 2. The molecule has 25 heavy (non-hydrogen) atoms. The van der Waals surface area contributed by atoms with Crippen LogP contribution in [0.1, 0.15) is 23.2 Å². The topological polar surface area (TPSA) is 97.0 Å². The number of hydrogen-bond donors (Lipinski definition) is 2. The third-order valence-corrected chi connectivity index (χ3v) is 5.84. The Kier molecular flexibility index (Phi) is 6.26. The Hall–Kier alpha value is -1.84. The number of nitrogens with zero attached hydrogens (tertiary/aromatic N) is 1. The summed E-state index contributed by atoms with van der Waals surface area (Å²) in [5.74, 6) is -0.0135. The molecule has 2 N–H and O–H groups in total. The molecule has 1 saturated heterocycles. The number of carbonyl (C=O) groups excluding carboxylic acids is 1. The van der Waals surface area contributed by atoms with Gasteiger partial charge in [-0.25, -0.2) is 13.1 Å². The number of rotatable bonds is 7. The molecule has 1 amide bonds. The average Bonchev–Trinajstić information content (AvgIpc) is 3.03. The highest BCUT2D eigenvalue weighted by atomic mass is 32.2. The van der Waals surface area contributed by atoms with Crippen molar-refractivity contribution in [2.75, 3.05) is 41.4 Å². The van der Waals surface area contributed by atoms with Gasteiger partial charge in [0.05, 0.1) is 24.7 Å². The zero-order valence-electron chi connectivity index (χ0n) is 15.0. The van der Waals surface area contributed by atoms with Gasteiger partial charge in [0.15, 0.2) is 11.5 Å². The monoisotopic (exact) mass is 371 g/mol. The van der Waals surface area contributed by atoms with Crippen molar-refractivity contribution in [3.8, 4) is 11.5 Å². The molecule has 1 aromatic rings. The molecule has 0 radical (unpaired) electrons. The number of likely N-dealkylation sites (tertiary alicyclic amines) is 1. The summed E-state index contributed by atoms with van der Waals surface area (Å²) in [4.78, 5) is 14.8. The molecule has 0 spiro atoms. The van der Waals surface area contributed by atoms with E-state index in [4.69, 9.17) is 9.47 Å². The summed E-state index contributed by atoms with van der Waals surface area (Å²) in [6, 6.07) is 2.90. The fraction of sp³-hybridized carbons (Fsp3) is 0.562. The Morgan fingerprint density at radius 1 is 1.32 bits per heavy atom. The van der Waals surface area contributed by atoms with Gasteiger partial charge in [0, 0.05) is 18.7 Å². The minimum absolute atomic E-state index is 0.0595. The highest BCUT2D eigenvalue weighted by Gasteiger charge is 2.25. The van der Waals surface area contributed by atoms with E-state index in [1.165, 1.54) is 33.4 Å². The van der Waals surface area contributed by atoms with E-state index < -0.39 is 15.9 Å². The van der Waals surface area contributed by atoms with Crippen LogP contribution in [0.15, 0.2) is 17.0 Å². The van der Waals surface area contributed by atoms with E-state index in [2.05, 4.69) is 14.9 Å². The van der Waals surface area contributed by atoms with Gasteiger partial charge >= 0.3 is 0 Å². The van der Waals surface area contributed by atoms with E-state index in [0.717, 1.165) is 19.4 Å². The van der Waals surface area contributed by atoms with Crippen LogP contribution < -0.4 is 19.5 Å². The maximum absolute atomic E-state index is 12.6. The molecule has 1 aliphatic rings. The predicted octanol–water partition coefficient (Wildman–Crippen LogP) is 0.436. The largest absolute Gasteiger partial charge is 0.493 e. The maximum atomic E-state index is 12.6. The van der Waals surface area contributed by atoms with Crippen LogP contribution in [0.3, 0.4) is 0 Å². The van der Waals surface area contributed by atoms with Crippen molar-refractivity contribution in [1.29, 1.82) is 0 Å². The molecule has 2 rings (SSSR count). The van der Waals surface area contributed by atoms with Gasteiger partial charge in [-0.05, 0) is 39.5 Å². The fourth-order valence-electron chi connectivity index (χ4n) is 2.92. The first-order valence-corrected chi connectivity index (χ1v) is 9.50. The zero-order chi connectivity index (χ0) is 18.6. The molecule has 0 unspecified atom stereocenters. The van der Waals surface area contributed by atoms with Crippen LogP contribution in [-0.2, 0) is 10.0 Å². The van der Waals surface area contributed by atoms with Gasteiger partial charge in [-0.15, -0.1) is 0 Å². The predicted molar refractivity (Wildman–Crippen MR) is 93.8 cm³/mol. The van der Waals surface area contributed by atoms with Crippen LogP contribution in [-0.4, -0.2) is 66.7 Å². The van der Waals surface area contributed by atoms with E-state index >= 15 is 0 Å². The number of amides is 1. The number of ether oxygens (including phenoxy) is 2. The second-order valence-electron chi connectivity index (χ2n) is 5.90. The van der Waals surface area contributed by atoms with Crippen LogP contribution in [0, 0.1) is 0 Å². The number of hydrogen-bond acceptors (Lipinski definition) is 6. The van der Waals surface area contributed by atoms with Gasteiger partial charge in [-0.1, -0.05) is 0 Å². The molecule has 1 fully saturated rings. The molecule has 0 saturated carbocycles. The van der Waals surface area contributed by atoms with Gasteiger partial charge in [0.2, 0.25) is 10.0 Å². The quantitative estimate of drug-likeness (QED) is 0.722. The van der Waals surface area contributed by atoms with Gasteiger partial charge < -0.3 is 19.7 Å². The molecule has 1 aliphatic heterocycles. The second-order valence-corrected chi connectivity index (χ2v) is 7.79. The molecule has 8 nitrogen and oxygen atoms in total. The van der Waals surface area contributed by atoms with E-state index in [1.54, 1.807) is 0 Å². The van der Waals surface area contributed by atoms with Crippen molar-refractivity contribution in [1.82, 2.24) is 14.9 Å². The SMILES string of the molecule is CNS(=O)(=O)c1cc(OC)c(OC)c(C(=O)NC[C@@H]2CCCN2C)c1. The lowest BCUT2D eigenvalue weighted by Crippen LogP contribution is -2.38. The Morgan fingerprint density at radius 2 is 2.04 bits per heavy atom. The number of methoxy groups -OCH3 is 2. The van der Waals surface area contributed by atoms with Crippen molar-refractivity contribution >= 4 is 15.9 Å². The molecule has 9 heteroatoms. The van der Waals surface area contributed by atoms with Crippen LogP contribution in [0.5, 0.6) is 11.5 Å². The Labute approximate surface area is 148 Å². The minimum Gasteiger partial charge on any atom is -0.493 e. The number of carbonyl (C=O) groups is 1. The van der Waals surface area contributed by atoms with E-state index in [-0.39, 0.29) is 28.0 Å².